The normalized spacial score (nSPS) is 28.1. The van der Waals surface area contributed by atoms with E-state index in [-0.39, 0.29) is 11.2 Å². The number of aromatic nitrogens is 2. The van der Waals surface area contributed by atoms with E-state index in [1.807, 2.05) is 19.3 Å². The fourth-order valence-electron chi connectivity index (χ4n) is 4.46. The van der Waals surface area contributed by atoms with Crippen LogP contribution in [0.1, 0.15) is 45.7 Å². The number of allylic oxidation sites excluding steroid dienone is 2. The smallest absolute Gasteiger partial charge is 0.162 e. The maximum absolute atomic E-state index is 13.2. The Kier molecular flexibility index (Phi) is 3.11. The molecular weight excluding hydrogens is 302 g/mol. The molecule has 1 N–H and O–H groups in total. The largest absolute Gasteiger partial charge is 0.342 e. The zero-order valence-electron chi connectivity index (χ0n) is 14.7. The molecular formula is C18H23N5O. The van der Waals surface area contributed by atoms with Crippen LogP contribution in [-0.2, 0) is 17.3 Å². The van der Waals surface area contributed by atoms with Crippen LogP contribution < -0.4 is 5.32 Å². The molecule has 2 aliphatic heterocycles. The number of hydrogen-bond acceptors (Lipinski definition) is 5. The van der Waals surface area contributed by atoms with Gasteiger partial charge in [-0.1, -0.05) is 20.8 Å². The number of carbonyl (C=O) groups excluding carboxylic acids is 1. The minimum absolute atomic E-state index is 0.0413. The number of Topliss-reactive ketones (excluding diaryl/α,β-unsaturated/α-hetero) is 1. The summed E-state index contributed by atoms with van der Waals surface area (Å²) in [4.78, 5) is 13.2. The highest BCUT2D eigenvalue weighted by atomic mass is 16.1. The molecule has 1 aromatic rings. The van der Waals surface area contributed by atoms with E-state index >= 15 is 0 Å². The fourth-order valence-corrected chi connectivity index (χ4v) is 4.46. The summed E-state index contributed by atoms with van der Waals surface area (Å²) in [6.07, 6.45) is 4.13. The van der Waals surface area contributed by atoms with Crippen LogP contribution in [0.25, 0.3) is 0 Å². The Morgan fingerprint density at radius 1 is 1.33 bits per heavy atom. The monoisotopic (exact) mass is 325 g/mol. The first-order valence-corrected chi connectivity index (χ1v) is 8.52. The Bertz CT molecular complexity index is 826. The molecule has 1 atom stereocenters. The van der Waals surface area contributed by atoms with Crippen molar-refractivity contribution in [3.05, 3.63) is 40.6 Å². The number of nitrogens with one attached hydrogen (secondary N) is 1. The molecule has 1 unspecified atom stereocenters. The van der Waals surface area contributed by atoms with Crippen molar-refractivity contribution in [3.8, 4) is 0 Å². The summed E-state index contributed by atoms with van der Waals surface area (Å²) >= 11 is 0. The molecule has 126 valence electrons. The lowest BCUT2D eigenvalue weighted by atomic mass is 9.61. The summed E-state index contributed by atoms with van der Waals surface area (Å²) in [6.45, 7) is 6.94. The maximum atomic E-state index is 13.2. The van der Waals surface area contributed by atoms with Crippen LogP contribution in [0.4, 0.5) is 0 Å². The van der Waals surface area contributed by atoms with E-state index in [2.05, 4.69) is 41.4 Å². The number of hydrogen-bond donors (Lipinski definition) is 1. The second-order valence-corrected chi connectivity index (χ2v) is 7.78. The van der Waals surface area contributed by atoms with Crippen molar-refractivity contribution in [1.82, 2.24) is 15.1 Å². The van der Waals surface area contributed by atoms with Gasteiger partial charge in [-0.15, -0.1) is 5.11 Å². The van der Waals surface area contributed by atoms with Crippen molar-refractivity contribution in [2.75, 3.05) is 6.54 Å². The molecule has 24 heavy (non-hydrogen) atoms. The molecule has 4 rings (SSSR count). The predicted molar refractivity (Wildman–Crippen MR) is 90.1 cm³/mol. The molecule has 3 aliphatic rings. The van der Waals surface area contributed by atoms with Gasteiger partial charge in [0, 0.05) is 36.5 Å². The zero-order valence-corrected chi connectivity index (χ0v) is 14.7. The first-order chi connectivity index (χ1) is 11.4. The molecule has 6 nitrogen and oxygen atoms in total. The Morgan fingerprint density at radius 2 is 2.12 bits per heavy atom. The van der Waals surface area contributed by atoms with Crippen LogP contribution in [0.15, 0.2) is 45.2 Å². The topological polar surface area (TPSA) is 71.6 Å². The molecule has 1 aromatic heterocycles. The lowest BCUT2D eigenvalue weighted by molar-refractivity contribution is -0.118. The van der Waals surface area contributed by atoms with E-state index in [0.717, 1.165) is 41.2 Å². The van der Waals surface area contributed by atoms with Gasteiger partial charge in [0.1, 0.15) is 0 Å². The third kappa shape index (κ3) is 1.95. The quantitative estimate of drug-likeness (QED) is 0.908. The van der Waals surface area contributed by atoms with Crippen LogP contribution in [0, 0.1) is 5.41 Å². The predicted octanol–water partition coefficient (Wildman–Crippen LogP) is 2.99. The lowest BCUT2D eigenvalue weighted by Gasteiger charge is -2.44. The molecule has 0 fully saturated rings. The van der Waals surface area contributed by atoms with E-state index in [9.17, 15) is 4.79 Å². The van der Waals surface area contributed by atoms with Crippen LogP contribution >= 0.6 is 0 Å². The highest BCUT2D eigenvalue weighted by molar-refractivity contribution is 6.01. The van der Waals surface area contributed by atoms with Gasteiger partial charge in [0.25, 0.3) is 0 Å². The zero-order chi connectivity index (χ0) is 17.1. The Morgan fingerprint density at radius 3 is 2.79 bits per heavy atom. The fraction of sp³-hybridized carbons (Fsp3) is 0.556. The average Bonchev–Trinajstić information content (AvgIpc) is 3.12. The summed E-state index contributed by atoms with van der Waals surface area (Å²) in [5.41, 5.74) is 3.34. The van der Waals surface area contributed by atoms with Gasteiger partial charge in [-0.25, -0.2) is 0 Å². The lowest BCUT2D eigenvalue weighted by Crippen LogP contribution is -2.46. The standard InChI is InChI=1S/C18H23N5O/c1-5-18(14-6-7-23(4)22-14)11-10-19-21-16(11)20-12-8-17(2,3)9-13(24)15(12)18/h6-7,20H,5,8-10H2,1-4H3. The van der Waals surface area contributed by atoms with Gasteiger partial charge in [0.05, 0.1) is 17.7 Å². The Hall–Kier alpha value is -2.24. The van der Waals surface area contributed by atoms with E-state index in [1.54, 1.807) is 4.68 Å². The van der Waals surface area contributed by atoms with Gasteiger partial charge >= 0.3 is 0 Å². The third-order valence-corrected chi connectivity index (χ3v) is 5.45. The number of azo groups is 1. The molecule has 0 saturated heterocycles. The second-order valence-electron chi connectivity index (χ2n) is 7.78. The average molecular weight is 325 g/mol. The Balaban J connectivity index is 1.98. The van der Waals surface area contributed by atoms with Crippen LogP contribution in [-0.4, -0.2) is 22.1 Å². The first kappa shape index (κ1) is 15.3. The molecule has 1 aliphatic carbocycles. The van der Waals surface area contributed by atoms with Gasteiger partial charge in [-0.2, -0.15) is 10.2 Å². The summed E-state index contributed by atoms with van der Waals surface area (Å²) in [6, 6.07) is 2.02. The number of dihydropyridines is 1. The van der Waals surface area contributed by atoms with E-state index in [0.29, 0.717) is 13.0 Å². The maximum Gasteiger partial charge on any atom is 0.162 e. The minimum atomic E-state index is -0.506. The summed E-state index contributed by atoms with van der Waals surface area (Å²) in [7, 11) is 1.91. The molecule has 0 spiro atoms. The van der Waals surface area contributed by atoms with Crippen molar-refractivity contribution in [3.63, 3.8) is 0 Å². The van der Waals surface area contributed by atoms with Crippen LogP contribution in [0.3, 0.4) is 0 Å². The molecule has 0 bridgehead atoms. The van der Waals surface area contributed by atoms with Crippen molar-refractivity contribution in [2.24, 2.45) is 22.7 Å². The molecule has 6 heteroatoms. The van der Waals surface area contributed by atoms with Crippen molar-refractivity contribution in [1.29, 1.82) is 0 Å². The first-order valence-electron chi connectivity index (χ1n) is 8.52. The molecule has 0 amide bonds. The Labute approximate surface area is 141 Å². The summed E-state index contributed by atoms with van der Waals surface area (Å²) < 4.78 is 1.80. The number of carbonyl (C=O) groups is 1. The molecule has 0 saturated carbocycles. The van der Waals surface area contributed by atoms with Crippen LogP contribution in [0.2, 0.25) is 0 Å². The van der Waals surface area contributed by atoms with Crippen molar-refractivity contribution in [2.45, 2.75) is 45.4 Å². The van der Waals surface area contributed by atoms with Crippen molar-refractivity contribution < 1.29 is 4.79 Å². The minimum Gasteiger partial charge on any atom is -0.342 e. The molecule has 0 aromatic carbocycles. The number of nitrogens with zero attached hydrogens (tertiary/aromatic N) is 4. The summed E-state index contributed by atoms with van der Waals surface area (Å²) in [5.74, 6) is 1.03. The van der Waals surface area contributed by atoms with E-state index in [1.165, 1.54) is 0 Å². The van der Waals surface area contributed by atoms with Gasteiger partial charge in [0.15, 0.2) is 11.6 Å². The van der Waals surface area contributed by atoms with Gasteiger partial charge in [0.2, 0.25) is 0 Å². The van der Waals surface area contributed by atoms with Gasteiger partial charge < -0.3 is 5.32 Å². The highest BCUT2D eigenvalue weighted by Gasteiger charge is 2.52. The molecule has 3 heterocycles. The van der Waals surface area contributed by atoms with Gasteiger partial charge in [-0.3, -0.25) is 9.48 Å². The number of rotatable bonds is 2. The summed E-state index contributed by atoms with van der Waals surface area (Å²) in [5, 5.41) is 16.6. The van der Waals surface area contributed by atoms with Gasteiger partial charge in [-0.05, 0) is 24.3 Å². The van der Waals surface area contributed by atoms with Crippen molar-refractivity contribution >= 4 is 5.78 Å². The number of ketones is 1. The third-order valence-electron chi connectivity index (χ3n) is 5.45. The van der Waals surface area contributed by atoms with E-state index in [4.69, 9.17) is 0 Å². The SMILES string of the molecule is CCC1(c2ccn(C)n2)C2=C(N=NC2)NC2=C1C(=O)CC(C)(C)C2. The van der Waals surface area contributed by atoms with Crippen LogP contribution in [0.5, 0.6) is 0 Å². The second kappa shape index (κ2) is 4.88. The highest BCUT2D eigenvalue weighted by Crippen LogP contribution is 2.52. The molecule has 0 radical (unpaired) electrons. The van der Waals surface area contributed by atoms with E-state index < -0.39 is 5.41 Å². The number of aryl methyl sites for hydroxylation is 1.